The Kier molecular flexibility index (Phi) is 9.57. The first-order chi connectivity index (χ1) is 17.5. The van der Waals surface area contributed by atoms with Crippen LogP contribution in [0.3, 0.4) is 0 Å². The van der Waals surface area contributed by atoms with E-state index in [2.05, 4.69) is 5.32 Å². The molecule has 1 heterocycles. The van der Waals surface area contributed by atoms with Crippen LogP contribution in [0.5, 0.6) is 0 Å². The number of esters is 1. The van der Waals surface area contributed by atoms with Crippen molar-refractivity contribution in [2.24, 2.45) is 0 Å². The number of aryl methyl sites for hydroxylation is 2. The van der Waals surface area contributed by atoms with Crippen LogP contribution in [0, 0.1) is 0 Å². The number of amides is 1. The van der Waals surface area contributed by atoms with Gasteiger partial charge in [0.2, 0.25) is 0 Å². The van der Waals surface area contributed by atoms with Crippen molar-refractivity contribution in [2.45, 2.75) is 59.1 Å². The van der Waals surface area contributed by atoms with Gasteiger partial charge in [0.1, 0.15) is 10.6 Å². The van der Waals surface area contributed by atoms with Crippen molar-refractivity contribution in [3.05, 3.63) is 103 Å². The minimum atomic E-state index is -0.567. The fourth-order valence-electron chi connectivity index (χ4n) is 3.91. The SMILES string of the molecule is CCNC(=O)c1cccc(CCc2c(Cl)cc(Cl)c(=O)n2CCc2ccc(C(=O)OC(C)(C)C)cc2)c1. The highest BCUT2D eigenvalue weighted by molar-refractivity contribution is 6.34. The summed E-state index contributed by atoms with van der Waals surface area (Å²) in [6.45, 7) is 8.28. The van der Waals surface area contributed by atoms with Gasteiger partial charge in [-0.25, -0.2) is 4.79 Å². The molecule has 1 amide bonds. The molecular weight excluding hydrogens is 511 g/mol. The normalized spacial score (nSPS) is 11.3. The molecule has 0 saturated carbocycles. The van der Waals surface area contributed by atoms with Gasteiger partial charge in [-0.2, -0.15) is 0 Å². The van der Waals surface area contributed by atoms with Crippen molar-refractivity contribution in [3.8, 4) is 0 Å². The molecule has 1 aromatic heterocycles. The van der Waals surface area contributed by atoms with E-state index in [1.54, 1.807) is 22.8 Å². The lowest BCUT2D eigenvalue weighted by atomic mass is 10.0. The molecule has 0 aliphatic heterocycles. The summed E-state index contributed by atoms with van der Waals surface area (Å²) in [7, 11) is 0. The molecule has 0 aliphatic carbocycles. The van der Waals surface area contributed by atoms with E-state index < -0.39 is 5.60 Å². The summed E-state index contributed by atoms with van der Waals surface area (Å²) in [5, 5.41) is 3.28. The fraction of sp³-hybridized carbons (Fsp3) is 0.345. The highest BCUT2D eigenvalue weighted by Crippen LogP contribution is 2.21. The monoisotopic (exact) mass is 542 g/mol. The van der Waals surface area contributed by atoms with E-state index >= 15 is 0 Å². The first kappa shape index (κ1) is 28.5. The highest BCUT2D eigenvalue weighted by atomic mass is 35.5. The lowest BCUT2D eigenvalue weighted by Crippen LogP contribution is -2.26. The highest BCUT2D eigenvalue weighted by Gasteiger charge is 2.18. The molecule has 6 nitrogen and oxygen atoms in total. The predicted octanol–water partition coefficient (Wildman–Crippen LogP) is 5.89. The van der Waals surface area contributed by atoms with Crippen LogP contribution in [-0.4, -0.2) is 28.6 Å². The number of carbonyl (C=O) groups is 2. The molecule has 3 rings (SSSR count). The van der Waals surface area contributed by atoms with Crippen molar-refractivity contribution in [2.75, 3.05) is 6.54 Å². The second kappa shape index (κ2) is 12.4. The standard InChI is InChI=1S/C29H32Cl2N2O4/c1-5-32-26(34)22-8-6-7-20(17-22)11-14-25-23(30)18-24(31)27(35)33(25)16-15-19-9-12-21(13-10-19)28(36)37-29(2,3)4/h6-10,12-13,17-18H,5,11,14-16H2,1-4H3,(H,32,34). The Labute approximate surface area is 227 Å². The average Bonchev–Trinajstić information content (AvgIpc) is 2.84. The zero-order valence-corrected chi connectivity index (χ0v) is 23.1. The Morgan fingerprint density at radius 3 is 2.24 bits per heavy atom. The lowest BCUT2D eigenvalue weighted by Gasteiger charge is -2.19. The Bertz CT molecular complexity index is 1330. The molecule has 3 aromatic rings. The van der Waals surface area contributed by atoms with Gasteiger partial charge in [-0.1, -0.05) is 47.5 Å². The van der Waals surface area contributed by atoms with Gasteiger partial charge in [0.25, 0.3) is 11.5 Å². The van der Waals surface area contributed by atoms with E-state index in [0.29, 0.717) is 54.2 Å². The number of carbonyl (C=O) groups excluding carboxylic acids is 2. The number of halogens is 2. The third-order valence-electron chi connectivity index (χ3n) is 5.69. The van der Waals surface area contributed by atoms with Gasteiger partial charge >= 0.3 is 5.97 Å². The third-order valence-corrected chi connectivity index (χ3v) is 6.29. The summed E-state index contributed by atoms with van der Waals surface area (Å²) in [6, 6.07) is 16.0. The van der Waals surface area contributed by atoms with Crippen LogP contribution >= 0.6 is 23.2 Å². The van der Waals surface area contributed by atoms with E-state index in [1.807, 2.05) is 58.0 Å². The van der Waals surface area contributed by atoms with Crippen molar-refractivity contribution in [1.29, 1.82) is 0 Å². The van der Waals surface area contributed by atoms with Crippen molar-refractivity contribution in [3.63, 3.8) is 0 Å². The number of rotatable bonds is 9. The van der Waals surface area contributed by atoms with E-state index in [-0.39, 0.29) is 22.5 Å². The maximum atomic E-state index is 12.9. The van der Waals surface area contributed by atoms with Gasteiger partial charge in [0.05, 0.1) is 10.6 Å². The lowest BCUT2D eigenvalue weighted by molar-refractivity contribution is 0.00694. The molecule has 8 heteroatoms. The van der Waals surface area contributed by atoms with Crippen LogP contribution in [0.25, 0.3) is 0 Å². The van der Waals surface area contributed by atoms with Gasteiger partial charge in [-0.05, 0) is 88.4 Å². The number of ether oxygens (including phenoxy) is 1. The van der Waals surface area contributed by atoms with Gasteiger partial charge in [0, 0.05) is 24.3 Å². The zero-order valence-electron chi connectivity index (χ0n) is 21.6. The number of hydrogen-bond donors (Lipinski definition) is 1. The summed E-state index contributed by atoms with van der Waals surface area (Å²) in [5.41, 5.74) is 2.79. The second-order valence-electron chi connectivity index (χ2n) is 9.75. The Hall–Kier alpha value is -3.09. The van der Waals surface area contributed by atoms with Gasteiger partial charge in [-0.3, -0.25) is 9.59 Å². The largest absolute Gasteiger partial charge is 0.456 e. The van der Waals surface area contributed by atoms with Crippen LogP contribution in [0.2, 0.25) is 10.0 Å². The van der Waals surface area contributed by atoms with E-state index in [1.165, 1.54) is 6.07 Å². The first-order valence-electron chi connectivity index (χ1n) is 12.3. The minimum absolute atomic E-state index is 0.0623. The molecule has 2 aromatic carbocycles. The quantitative estimate of drug-likeness (QED) is 0.342. The number of hydrogen-bond acceptors (Lipinski definition) is 4. The summed E-state index contributed by atoms with van der Waals surface area (Å²) in [4.78, 5) is 37.4. The molecule has 0 fully saturated rings. The van der Waals surface area contributed by atoms with Gasteiger partial charge in [0.15, 0.2) is 0 Å². The van der Waals surface area contributed by atoms with Crippen molar-refractivity contribution >= 4 is 35.1 Å². The van der Waals surface area contributed by atoms with Crippen LogP contribution in [0.4, 0.5) is 0 Å². The van der Waals surface area contributed by atoms with Crippen LogP contribution in [0.1, 0.15) is 65.2 Å². The van der Waals surface area contributed by atoms with Crippen LogP contribution in [0.15, 0.2) is 59.4 Å². The number of nitrogens with one attached hydrogen (secondary N) is 1. The molecule has 0 saturated heterocycles. The summed E-state index contributed by atoms with van der Waals surface area (Å²) in [6.07, 6.45) is 1.64. The van der Waals surface area contributed by atoms with Gasteiger partial charge < -0.3 is 14.6 Å². The van der Waals surface area contributed by atoms with Crippen molar-refractivity contribution in [1.82, 2.24) is 9.88 Å². The molecule has 0 bridgehead atoms. The molecule has 0 aliphatic rings. The maximum Gasteiger partial charge on any atom is 0.338 e. The molecule has 196 valence electrons. The molecule has 0 spiro atoms. The van der Waals surface area contributed by atoms with E-state index in [0.717, 1.165) is 11.1 Å². The molecular formula is C29H32Cl2N2O4. The van der Waals surface area contributed by atoms with Gasteiger partial charge in [-0.15, -0.1) is 0 Å². The predicted molar refractivity (Wildman–Crippen MR) is 148 cm³/mol. The van der Waals surface area contributed by atoms with Crippen LogP contribution < -0.4 is 10.9 Å². The molecule has 1 N–H and O–H groups in total. The summed E-state index contributed by atoms with van der Waals surface area (Å²) >= 11 is 12.7. The Morgan fingerprint density at radius 2 is 1.59 bits per heavy atom. The second-order valence-corrected chi connectivity index (χ2v) is 10.6. The molecule has 0 atom stereocenters. The Balaban J connectivity index is 1.76. The maximum absolute atomic E-state index is 12.9. The fourth-order valence-corrected chi connectivity index (χ4v) is 4.48. The number of pyridine rings is 1. The van der Waals surface area contributed by atoms with Crippen LogP contribution in [-0.2, 0) is 30.5 Å². The summed E-state index contributed by atoms with van der Waals surface area (Å²) in [5.74, 6) is -0.501. The molecule has 0 radical (unpaired) electrons. The molecule has 37 heavy (non-hydrogen) atoms. The Morgan fingerprint density at radius 1 is 0.892 bits per heavy atom. The summed E-state index contributed by atoms with van der Waals surface area (Å²) < 4.78 is 7.02. The van der Waals surface area contributed by atoms with E-state index in [9.17, 15) is 14.4 Å². The number of nitrogens with zero attached hydrogens (tertiary/aromatic N) is 1. The van der Waals surface area contributed by atoms with Crippen molar-refractivity contribution < 1.29 is 14.3 Å². The first-order valence-corrected chi connectivity index (χ1v) is 13.0. The number of aromatic nitrogens is 1. The van der Waals surface area contributed by atoms with E-state index in [4.69, 9.17) is 27.9 Å². The topological polar surface area (TPSA) is 77.4 Å². The minimum Gasteiger partial charge on any atom is -0.456 e. The average molecular weight is 543 g/mol. The molecule has 0 unspecified atom stereocenters. The smallest absolute Gasteiger partial charge is 0.338 e. The zero-order chi connectivity index (χ0) is 27.2. The number of benzene rings is 2. The third kappa shape index (κ3) is 7.94.